The monoisotopic (exact) mass is 391 g/mol. The second-order valence-electron chi connectivity index (χ2n) is 8.19. The van der Waals surface area contributed by atoms with Crippen LogP contribution in [0.1, 0.15) is 26.7 Å². The number of hydrogen-bond donors (Lipinski definition) is 2. The van der Waals surface area contributed by atoms with Crippen molar-refractivity contribution < 1.29 is 13.5 Å². The molecule has 0 radical (unpaired) electrons. The van der Waals surface area contributed by atoms with Crippen molar-refractivity contribution in [1.82, 2.24) is 14.9 Å². The minimum Gasteiger partial charge on any atom is -0.391 e. The summed E-state index contributed by atoms with van der Waals surface area (Å²) < 4.78 is 25.0. The first-order chi connectivity index (χ1) is 12.7. The topological polar surface area (TPSA) is 84.2 Å². The molecule has 0 bridgehead atoms. The molecule has 1 unspecified atom stereocenters. The van der Waals surface area contributed by atoms with Crippen molar-refractivity contribution in [3.8, 4) is 11.4 Å². The molecule has 1 aliphatic rings. The molecule has 2 aromatic rings. The molecule has 27 heavy (non-hydrogen) atoms. The fourth-order valence-corrected chi connectivity index (χ4v) is 3.92. The van der Waals surface area contributed by atoms with E-state index in [-0.39, 0.29) is 6.04 Å². The van der Waals surface area contributed by atoms with E-state index in [1.807, 2.05) is 36.5 Å². The summed E-state index contributed by atoms with van der Waals surface area (Å²) in [4.78, 5) is 4.48. The molecule has 148 valence electrons. The number of aromatic nitrogens is 2. The summed E-state index contributed by atoms with van der Waals surface area (Å²) in [5.74, 6) is 1.25. The standard InChI is InChI=1S/C20H29N3O3S/c1-20(2,27(3,25)26)14-22-17-11-15(12-18(17)24)13-23-10-9-21-19(23)16-7-5-4-6-8-16/h4-10,15,17-18,22,24H,11-14H2,1-3H3/t15?,17-,18-/m1/s1. The Kier molecular flexibility index (Phi) is 5.74. The number of benzene rings is 1. The Labute approximate surface area is 161 Å². The summed E-state index contributed by atoms with van der Waals surface area (Å²) in [6.07, 6.45) is 6.08. The number of sulfone groups is 1. The van der Waals surface area contributed by atoms with Crippen LogP contribution in [0.4, 0.5) is 0 Å². The third-order valence-corrected chi connectivity index (χ3v) is 7.77. The van der Waals surface area contributed by atoms with Gasteiger partial charge in [-0.05, 0) is 32.6 Å². The first-order valence-electron chi connectivity index (χ1n) is 9.35. The number of hydrogen-bond acceptors (Lipinski definition) is 5. The predicted octanol–water partition coefficient (Wildman–Crippen LogP) is 2.10. The van der Waals surface area contributed by atoms with Crippen molar-refractivity contribution in [2.24, 2.45) is 5.92 Å². The number of aliphatic hydroxyl groups is 1. The molecule has 1 saturated carbocycles. The average Bonchev–Trinajstić information content (AvgIpc) is 3.19. The fourth-order valence-electron chi connectivity index (χ4n) is 3.58. The quantitative estimate of drug-likeness (QED) is 0.755. The number of nitrogens with one attached hydrogen (secondary N) is 1. The van der Waals surface area contributed by atoms with Gasteiger partial charge in [0.2, 0.25) is 0 Å². The molecule has 6 nitrogen and oxygen atoms in total. The Morgan fingerprint density at radius 2 is 1.96 bits per heavy atom. The lowest BCUT2D eigenvalue weighted by molar-refractivity contribution is 0.145. The zero-order chi connectivity index (χ0) is 19.7. The van der Waals surface area contributed by atoms with Crippen molar-refractivity contribution in [1.29, 1.82) is 0 Å². The van der Waals surface area contributed by atoms with Gasteiger partial charge >= 0.3 is 0 Å². The lowest BCUT2D eigenvalue weighted by Crippen LogP contribution is -2.47. The minimum absolute atomic E-state index is 0.0836. The number of aliphatic hydroxyl groups excluding tert-OH is 1. The van der Waals surface area contributed by atoms with Crippen LogP contribution in [-0.4, -0.2) is 52.8 Å². The van der Waals surface area contributed by atoms with Gasteiger partial charge in [0.05, 0.1) is 10.9 Å². The highest BCUT2D eigenvalue weighted by molar-refractivity contribution is 7.92. The second kappa shape index (κ2) is 7.73. The predicted molar refractivity (Wildman–Crippen MR) is 107 cm³/mol. The summed E-state index contributed by atoms with van der Waals surface area (Å²) in [7, 11) is -3.16. The first-order valence-corrected chi connectivity index (χ1v) is 11.2. The Hall–Kier alpha value is -1.70. The van der Waals surface area contributed by atoms with E-state index >= 15 is 0 Å². The van der Waals surface area contributed by atoms with E-state index in [9.17, 15) is 13.5 Å². The molecule has 1 aliphatic carbocycles. The van der Waals surface area contributed by atoms with Crippen molar-refractivity contribution >= 4 is 9.84 Å². The molecule has 1 aromatic carbocycles. The third kappa shape index (κ3) is 4.59. The molecule has 1 heterocycles. The highest BCUT2D eigenvalue weighted by Crippen LogP contribution is 2.30. The second-order valence-corrected chi connectivity index (χ2v) is 10.8. The van der Waals surface area contributed by atoms with Crippen LogP contribution in [0.15, 0.2) is 42.7 Å². The molecule has 0 saturated heterocycles. The van der Waals surface area contributed by atoms with E-state index in [0.29, 0.717) is 18.9 Å². The fraction of sp³-hybridized carbons (Fsp3) is 0.550. The molecule has 0 spiro atoms. The van der Waals surface area contributed by atoms with Crippen LogP contribution in [0, 0.1) is 5.92 Å². The van der Waals surface area contributed by atoms with Gasteiger partial charge in [-0.25, -0.2) is 13.4 Å². The van der Waals surface area contributed by atoms with Crippen LogP contribution in [0.5, 0.6) is 0 Å². The minimum atomic E-state index is -3.16. The largest absolute Gasteiger partial charge is 0.391 e. The maximum Gasteiger partial charge on any atom is 0.153 e. The van der Waals surface area contributed by atoms with Crippen molar-refractivity contribution in [3.63, 3.8) is 0 Å². The number of imidazole rings is 1. The van der Waals surface area contributed by atoms with Gasteiger partial charge in [0, 0.05) is 43.3 Å². The molecule has 1 fully saturated rings. The molecule has 1 aromatic heterocycles. The van der Waals surface area contributed by atoms with Gasteiger partial charge < -0.3 is 15.0 Å². The first kappa shape index (κ1) is 20.0. The number of nitrogens with zero attached hydrogens (tertiary/aromatic N) is 2. The highest BCUT2D eigenvalue weighted by atomic mass is 32.2. The summed E-state index contributed by atoms with van der Waals surface area (Å²) >= 11 is 0. The van der Waals surface area contributed by atoms with Crippen LogP contribution < -0.4 is 5.32 Å². The van der Waals surface area contributed by atoms with Gasteiger partial charge in [-0.3, -0.25) is 0 Å². The Morgan fingerprint density at radius 3 is 2.63 bits per heavy atom. The number of rotatable bonds is 7. The molecule has 7 heteroatoms. The lowest BCUT2D eigenvalue weighted by atomic mass is 10.1. The maximum absolute atomic E-state index is 11.9. The van der Waals surface area contributed by atoms with Crippen LogP contribution in [0.3, 0.4) is 0 Å². The Balaban J connectivity index is 1.62. The van der Waals surface area contributed by atoms with Crippen LogP contribution in [0.2, 0.25) is 0 Å². The van der Waals surface area contributed by atoms with Gasteiger partial charge in [0.1, 0.15) is 5.82 Å². The lowest BCUT2D eigenvalue weighted by Gasteiger charge is -2.26. The SMILES string of the molecule is CC(C)(CN[C@@H]1CC(Cn2ccnc2-c2ccccc2)C[C@H]1O)S(C)(=O)=O. The zero-order valence-corrected chi connectivity index (χ0v) is 17.0. The van der Waals surface area contributed by atoms with Gasteiger partial charge in [0.25, 0.3) is 0 Å². The van der Waals surface area contributed by atoms with Gasteiger partial charge in [-0.2, -0.15) is 0 Å². The molecule has 0 amide bonds. The van der Waals surface area contributed by atoms with Crippen LogP contribution >= 0.6 is 0 Å². The van der Waals surface area contributed by atoms with E-state index < -0.39 is 20.7 Å². The summed E-state index contributed by atoms with van der Waals surface area (Å²) in [5, 5.41) is 13.7. The molecule has 2 N–H and O–H groups in total. The van der Waals surface area contributed by atoms with E-state index in [2.05, 4.69) is 14.9 Å². The molecule has 3 rings (SSSR count). The van der Waals surface area contributed by atoms with Gasteiger partial charge in [0.15, 0.2) is 9.84 Å². The van der Waals surface area contributed by atoms with Crippen LogP contribution in [0.25, 0.3) is 11.4 Å². The Bertz CT molecular complexity index is 862. The van der Waals surface area contributed by atoms with Crippen molar-refractivity contribution in [2.45, 2.75) is 50.1 Å². The van der Waals surface area contributed by atoms with E-state index in [1.54, 1.807) is 20.0 Å². The van der Waals surface area contributed by atoms with Crippen LogP contribution in [-0.2, 0) is 16.4 Å². The summed E-state index contributed by atoms with van der Waals surface area (Å²) in [6.45, 7) is 4.55. The van der Waals surface area contributed by atoms with Gasteiger partial charge in [-0.15, -0.1) is 0 Å². The summed E-state index contributed by atoms with van der Waals surface area (Å²) in [5.41, 5.74) is 1.07. The van der Waals surface area contributed by atoms with E-state index in [1.165, 1.54) is 6.26 Å². The van der Waals surface area contributed by atoms with Gasteiger partial charge in [-0.1, -0.05) is 30.3 Å². The van der Waals surface area contributed by atoms with Crippen molar-refractivity contribution in [3.05, 3.63) is 42.7 Å². The molecular formula is C20H29N3O3S. The van der Waals surface area contributed by atoms with E-state index in [0.717, 1.165) is 24.4 Å². The normalized spacial score (nSPS) is 23.6. The van der Waals surface area contributed by atoms with E-state index in [4.69, 9.17) is 0 Å². The molecule has 3 atom stereocenters. The zero-order valence-electron chi connectivity index (χ0n) is 16.2. The Morgan fingerprint density at radius 1 is 1.26 bits per heavy atom. The molecule has 0 aliphatic heterocycles. The molecular weight excluding hydrogens is 362 g/mol. The summed E-state index contributed by atoms with van der Waals surface area (Å²) in [6, 6.07) is 9.98. The smallest absolute Gasteiger partial charge is 0.153 e. The third-order valence-electron chi connectivity index (χ3n) is 5.62. The highest BCUT2D eigenvalue weighted by Gasteiger charge is 2.36. The van der Waals surface area contributed by atoms with Crippen molar-refractivity contribution in [2.75, 3.05) is 12.8 Å². The maximum atomic E-state index is 11.9. The average molecular weight is 392 g/mol.